The number of nitrogens with one attached hydrogen (secondary N) is 2. The highest BCUT2D eigenvalue weighted by Gasteiger charge is 2.40. The summed E-state index contributed by atoms with van der Waals surface area (Å²) >= 11 is 6.02. The third kappa shape index (κ3) is 3.36. The van der Waals surface area contributed by atoms with Crippen LogP contribution in [0.25, 0.3) is 22.4 Å². The number of H-pyrrole nitrogens is 1. The smallest absolute Gasteiger partial charge is 0.183 e. The van der Waals surface area contributed by atoms with E-state index >= 15 is 0 Å². The maximum Gasteiger partial charge on any atom is 0.183 e. The van der Waals surface area contributed by atoms with Crippen molar-refractivity contribution in [3.05, 3.63) is 35.5 Å². The van der Waals surface area contributed by atoms with E-state index in [0.29, 0.717) is 41.3 Å². The molecular weight excluding hydrogens is 373 g/mol. The maximum absolute atomic E-state index is 14.3. The van der Waals surface area contributed by atoms with Crippen LogP contribution >= 0.6 is 11.6 Å². The summed E-state index contributed by atoms with van der Waals surface area (Å²) in [5, 5.41) is 24.8. The number of rotatable bonds is 3. The van der Waals surface area contributed by atoms with Crippen molar-refractivity contribution in [3.8, 4) is 11.4 Å². The zero-order valence-corrected chi connectivity index (χ0v) is 15.3. The average molecular weight is 392 g/mol. The molecule has 1 saturated carbocycles. The SMILES string of the molecule is CC1(O)CCCC(Nc2nc(-c3c[nH]c4ncc(Cl)cc34)ncc2F)C1O. The number of aliphatic hydroxyl groups is 2. The van der Waals surface area contributed by atoms with E-state index in [9.17, 15) is 14.6 Å². The van der Waals surface area contributed by atoms with Gasteiger partial charge in [-0.2, -0.15) is 0 Å². The quantitative estimate of drug-likeness (QED) is 0.547. The van der Waals surface area contributed by atoms with Gasteiger partial charge in [-0.15, -0.1) is 0 Å². The van der Waals surface area contributed by atoms with Crippen molar-refractivity contribution in [2.45, 2.75) is 43.9 Å². The first-order valence-corrected chi connectivity index (χ1v) is 9.05. The van der Waals surface area contributed by atoms with Gasteiger partial charge in [-0.05, 0) is 32.3 Å². The Morgan fingerprint density at radius 3 is 3.00 bits per heavy atom. The molecule has 3 atom stereocenters. The van der Waals surface area contributed by atoms with E-state index in [2.05, 4.69) is 25.3 Å². The van der Waals surface area contributed by atoms with Crippen LogP contribution in [0.5, 0.6) is 0 Å². The van der Waals surface area contributed by atoms with Crippen LogP contribution in [0.4, 0.5) is 10.2 Å². The maximum atomic E-state index is 14.3. The lowest BCUT2D eigenvalue weighted by molar-refractivity contribution is -0.0919. The highest BCUT2D eigenvalue weighted by Crippen LogP contribution is 2.32. The molecule has 0 radical (unpaired) electrons. The van der Waals surface area contributed by atoms with Gasteiger partial charge in [0.15, 0.2) is 17.5 Å². The number of halogens is 2. The van der Waals surface area contributed by atoms with E-state index in [1.807, 2.05) is 0 Å². The minimum Gasteiger partial charge on any atom is -0.388 e. The van der Waals surface area contributed by atoms with Gasteiger partial charge in [0, 0.05) is 23.3 Å². The molecule has 9 heteroatoms. The van der Waals surface area contributed by atoms with Crippen LogP contribution in [-0.2, 0) is 0 Å². The largest absolute Gasteiger partial charge is 0.388 e. The summed E-state index contributed by atoms with van der Waals surface area (Å²) in [6.45, 7) is 1.58. The fourth-order valence-corrected chi connectivity index (χ4v) is 3.66. The standard InChI is InChI=1S/C18H19ClFN5O2/c1-18(27)4-2-3-13(14(18)26)24-17-12(20)8-23-16(25-17)11-7-22-15-10(11)5-9(19)6-21-15/h5-8,13-14,26-27H,2-4H2,1H3,(H,21,22)(H,23,24,25). The monoisotopic (exact) mass is 391 g/mol. The number of nitrogens with zero attached hydrogens (tertiary/aromatic N) is 3. The first-order chi connectivity index (χ1) is 12.8. The lowest BCUT2D eigenvalue weighted by atomic mass is 9.80. The van der Waals surface area contributed by atoms with Gasteiger partial charge in [-0.25, -0.2) is 19.3 Å². The van der Waals surface area contributed by atoms with E-state index in [4.69, 9.17) is 11.6 Å². The number of hydrogen-bond donors (Lipinski definition) is 4. The van der Waals surface area contributed by atoms with Gasteiger partial charge in [0.05, 0.1) is 22.9 Å². The van der Waals surface area contributed by atoms with Crippen molar-refractivity contribution in [1.29, 1.82) is 0 Å². The van der Waals surface area contributed by atoms with Gasteiger partial charge >= 0.3 is 0 Å². The predicted octanol–water partition coefficient (Wildman–Crippen LogP) is 2.89. The highest BCUT2D eigenvalue weighted by atomic mass is 35.5. The summed E-state index contributed by atoms with van der Waals surface area (Å²) in [6, 6.07) is 1.22. The Morgan fingerprint density at radius 1 is 1.37 bits per heavy atom. The molecule has 142 valence electrons. The van der Waals surface area contributed by atoms with Crippen molar-refractivity contribution in [3.63, 3.8) is 0 Å². The summed E-state index contributed by atoms with van der Waals surface area (Å²) in [5.74, 6) is -0.357. The molecule has 1 aliphatic carbocycles. The van der Waals surface area contributed by atoms with E-state index in [0.717, 1.165) is 11.6 Å². The molecule has 3 aromatic heterocycles. The van der Waals surface area contributed by atoms with Crippen molar-refractivity contribution in [2.75, 3.05) is 5.32 Å². The van der Waals surface area contributed by atoms with Crippen molar-refractivity contribution >= 4 is 28.5 Å². The predicted molar refractivity (Wildman–Crippen MR) is 100.0 cm³/mol. The van der Waals surface area contributed by atoms with Gasteiger partial charge in [0.2, 0.25) is 0 Å². The molecule has 3 unspecified atom stereocenters. The molecule has 4 rings (SSSR count). The summed E-state index contributed by atoms with van der Waals surface area (Å²) in [4.78, 5) is 15.6. The second-order valence-corrected chi connectivity index (χ2v) is 7.52. The van der Waals surface area contributed by atoms with Crippen LogP contribution in [0.3, 0.4) is 0 Å². The first-order valence-electron chi connectivity index (χ1n) is 8.68. The molecular formula is C18H19ClFN5O2. The second kappa shape index (κ2) is 6.70. The Kier molecular flexibility index (Phi) is 4.49. The van der Waals surface area contributed by atoms with Crippen LogP contribution in [-0.4, -0.2) is 47.9 Å². The van der Waals surface area contributed by atoms with Gasteiger partial charge in [0.1, 0.15) is 11.8 Å². The van der Waals surface area contributed by atoms with E-state index in [-0.39, 0.29) is 5.82 Å². The molecule has 0 spiro atoms. The number of aromatic nitrogens is 4. The topological polar surface area (TPSA) is 107 Å². The number of aliphatic hydroxyl groups excluding tert-OH is 1. The lowest BCUT2D eigenvalue weighted by Crippen LogP contribution is -2.53. The molecule has 4 N–H and O–H groups in total. The number of aromatic amines is 1. The molecule has 1 fully saturated rings. The van der Waals surface area contributed by atoms with Gasteiger partial charge in [-0.1, -0.05) is 11.6 Å². The number of fused-ring (bicyclic) bond motifs is 1. The van der Waals surface area contributed by atoms with Crippen LogP contribution in [0.15, 0.2) is 24.7 Å². The highest BCUT2D eigenvalue weighted by molar-refractivity contribution is 6.31. The minimum atomic E-state index is -1.22. The summed E-state index contributed by atoms with van der Waals surface area (Å²) in [6.07, 6.45) is 5.07. The number of anilines is 1. The van der Waals surface area contributed by atoms with Gasteiger partial charge in [-0.3, -0.25) is 0 Å². The Hall–Kier alpha value is -2.29. The van der Waals surface area contributed by atoms with E-state index < -0.39 is 23.6 Å². The van der Waals surface area contributed by atoms with Crippen molar-refractivity contribution in [1.82, 2.24) is 19.9 Å². The fraction of sp³-hybridized carbons (Fsp3) is 0.389. The first kappa shape index (κ1) is 18.1. The Morgan fingerprint density at radius 2 is 2.19 bits per heavy atom. The van der Waals surface area contributed by atoms with Crippen molar-refractivity contribution in [2.24, 2.45) is 0 Å². The number of hydrogen-bond acceptors (Lipinski definition) is 6. The molecule has 3 aromatic rings. The van der Waals surface area contributed by atoms with Crippen LogP contribution in [0.1, 0.15) is 26.2 Å². The second-order valence-electron chi connectivity index (χ2n) is 7.09. The molecule has 1 aliphatic rings. The lowest BCUT2D eigenvalue weighted by Gasteiger charge is -2.39. The normalized spacial score (nSPS) is 25.7. The van der Waals surface area contributed by atoms with E-state index in [1.54, 1.807) is 19.2 Å². The summed E-state index contributed by atoms with van der Waals surface area (Å²) < 4.78 is 14.3. The Labute approximate surface area is 159 Å². The third-order valence-electron chi connectivity index (χ3n) is 5.02. The molecule has 7 nitrogen and oxygen atoms in total. The fourth-order valence-electron chi connectivity index (χ4n) is 3.51. The van der Waals surface area contributed by atoms with E-state index in [1.165, 1.54) is 6.20 Å². The molecule has 0 amide bonds. The third-order valence-corrected chi connectivity index (χ3v) is 5.23. The number of pyridine rings is 1. The zero-order valence-electron chi connectivity index (χ0n) is 14.6. The minimum absolute atomic E-state index is 0.0221. The zero-order chi connectivity index (χ0) is 19.2. The Bertz CT molecular complexity index is 993. The van der Waals surface area contributed by atoms with Gasteiger partial charge in [0.25, 0.3) is 0 Å². The Balaban J connectivity index is 1.68. The summed E-state index contributed by atoms with van der Waals surface area (Å²) in [5.41, 5.74) is 0.0384. The summed E-state index contributed by atoms with van der Waals surface area (Å²) in [7, 11) is 0. The van der Waals surface area contributed by atoms with Crippen molar-refractivity contribution < 1.29 is 14.6 Å². The molecule has 0 aliphatic heterocycles. The van der Waals surface area contributed by atoms with Crippen LogP contribution in [0, 0.1) is 5.82 Å². The molecule has 27 heavy (non-hydrogen) atoms. The molecule has 0 aromatic carbocycles. The molecule has 0 bridgehead atoms. The van der Waals surface area contributed by atoms with Crippen LogP contribution < -0.4 is 5.32 Å². The van der Waals surface area contributed by atoms with Gasteiger partial charge < -0.3 is 20.5 Å². The average Bonchev–Trinajstić information content (AvgIpc) is 3.04. The van der Waals surface area contributed by atoms with Crippen LogP contribution in [0.2, 0.25) is 5.02 Å². The molecule has 3 heterocycles. The molecule has 0 saturated heterocycles.